The number of carbonyl (C=O) groups is 2. The molecule has 2 amide bonds. The number of hydrogen-bond donors (Lipinski definition) is 2. The maximum atomic E-state index is 11.4. The molecule has 1 fully saturated rings. The zero-order chi connectivity index (χ0) is 10.7. The molecule has 14 heavy (non-hydrogen) atoms. The molecule has 0 saturated heterocycles. The third-order valence-electron chi connectivity index (χ3n) is 2.36. The Hall–Kier alpha value is -1.26. The van der Waals surface area contributed by atoms with Crippen molar-refractivity contribution in [3.8, 4) is 0 Å². The summed E-state index contributed by atoms with van der Waals surface area (Å²) in [6.45, 7) is 1.75. The van der Waals surface area contributed by atoms with Crippen LogP contribution in [-0.4, -0.2) is 41.1 Å². The number of nitrogens with zero attached hydrogens (tertiary/aromatic N) is 1. The maximum absolute atomic E-state index is 11.4. The van der Waals surface area contributed by atoms with Crippen molar-refractivity contribution in [2.24, 2.45) is 0 Å². The molecule has 5 heteroatoms. The lowest BCUT2D eigenvalue weighted by Gasteiger charge is -2.23. The lowest BCUT2D eigenvalue weighted by Crippen LogP contribution is -2.47. The first kappa shape index (κ1) is 10.8. The fourth-order valence-corrected chi connectivity index (χ4v) is 1.26. The van der Waals surface area contributed by atoms with Crippen molar-refractivity contribution in [3.63, 3.8) is 0 Å². The minimum absolute atomic E-state index is 0.260. The van der Waals surface area contributed by atoms with E-state index in [1.807, 2.05) is 0 Å². The molecule has 2 N–H and O–H groups in total. The number of carboxylic acids is 1. The van der Waals surface area contributed by atoms with E-state index in [-0.39, 0.29) is 12.1 Å². The summed E-state index contributed by atoms with van der Waals surface area (Å²) >= 11 is 0. The van der Waals surface area contributed by atoms with Crippen LogP contribution >= 0.6 is 0 Å². The van der Waals surface area contributed by atoms with Crippen molar-refractivity contribution in [2.45, 2.75) is 38.3 Å². The Kier molecular flexibility index (Phi) is 3.33. The highest BCUT2D eigenvalue weighted by molar-refractivity contribution is 5.82. The summed E-state index contributed by atoms with van der Waals surface area (Å²) in [4.78, 5) is 23.5. The van der Waals surface area contributed by atoms with Gasteiger partial charge in [0.25, 0.3) is 0 Å². The first-order chi connectivity index (χ1) is 6.56. The van der Waals surface area contributed by atoms with Crippen molar-refractivity contribution < 1.29 is 14.7 Å². The summed E-state index contributed by atoms with van der Waals surface area (Å²) in [5.41, 5.74) is 0. The fourth-order valence-electron chi connectivity index (χ4n) is 1.26. The van der Waals surface area contributed by atoms with Crippen LogP contribution in [0.3, 0.4) is 0 Å². The summed E-state index contributed by atoms with van der Waals surface area (Å²) in [6.07, 6.45) is 2.43. The molecule has 0 aromatic heterocycles. The molecule has 1 saturated carbocycles. The molecule has 0 aromatic rings. The molecule has 1 aliphatic rings. The standard InChI is InChI=1S/C9H16N2O3/c1-3-7(8(12)13)11(2)9(14)10-6-4-5-6/h6-7H,3-5H2,1-2H3,(H,10,14)(H,12,13). The van der Waals surface area contributed by atoms with E-state index in [2.05, 4.69) is 5.32 Å². The van der Waals surface area contributed by atoms with Crippen LogP contribution in [-0.2, 0) is 4.79 Å². The molecule has 1 atom stereocenters. The second kappa shape index (κ2) is 4.30. The van der Waals surface area contributed by atoms with Gasteiger partial charge in [-0.3, -0.25) is 0 Å². The summed E-state index contributed by atoms with van der Waals surface area (Å²) in [6, 6.07) is -0.758. The van der Waals surface area contributed by atoms with Gasteiger partial charge in [0.05, 0.1) is 0 Å². The molecule has 0 heterocycles. The minimum atomic E-state index is -0.957. The zero-order valence-corrected chi connectivity index (χ0v) is 8.49. The van der Waals surface area contributed by atoms with Crippen LogP contribution in [0.25, 0.3) is 0 Å². The number of urea groups is 1. The Balaban J connectivity index is 2.46. The molecular formula is C9H16N2O3. The molecule has 80 valence electrons. The third kappa shape index (κ3) is 2.61. The summed E-state index contributed by atoms with van der Waals surface area (Å²) < 4.78 is 0. The molecule has 1 aliphatic carbocycles. The van der Waals surface area contributed by atoms with Gasteiger partial charge in [0.15, 0.2) is 0 Å². The number of likely N-dealkylation sites (N-methyl/N-ethyl adjacent to an activating group) is 1. The highest BCUT2D eigenvalue weighted by Crippen LogP contribution is 2.19. The van der Waals surface area contributed by atoms with Crippen molar-refractivity contribution in [2.75, 3.05) is 7.05 Å². The van der Waals surface area contributed by atoms with Gasteiger partial charge in [-0.25, -0.2) is 9.59 Å². The molecule has 0 spiro atoms. The van der Waals surface area contributed by atoms with Gasteiger partial charge in [-0.1, -0.05) is 6.92 Å². The van der Waals surface area contributed by atoms with E-state index in [9.17, 15) is 9.59 Å². The predicted octanol–water partition coefficient (Wildman–Crippen LogP) is 0.653. The fraction of sp³-hybridized carbons (Fsp3) is 0.778. The van der Waals surface area contributed by atoms with Gasteiger partial charge in [-0.05, 0) is 19.3 Å². The van der Waals surface area contributed by atoms with Crippen molar-refractivity contribution >= 4 is 12.0 Å². The quantitative estimate of drug-likeness (QED) is 0.700. The number of aliphatic carboxylic acids is 1. The molecule has 0 radical (unpaired) electrons. The molecule has 0 aliphatic heterocycles. The largest absolute Gasteiger partial charge is 0.480 e. The third-order valence-corrected chi connectivity index (χ3v) is 2.36. The monoisotopic (exact) mass is 200 g/mol. The SMILES string of the molecule is CCC(C(=O)O)N(C)C(=O)NC1CC1. The summed E-state index contributed by atoms with van der Waals surface area (Å²) in [7, 11) is 1.51. The van der Waals surface area contributed by atoms with E-state index < -0.39 is 12.0 Å². The maximum Gasteiger partial charge on any atom is 0.326 e. The Morgan fingerprint density at radius 1 is 1.57 bits per heavy atom. The summed E-state index contributed by atoms with van der Waals surface area (Å²) in [5.74, 6) is -0.957. The smallest absolute Gasteiger partial charge is 0.326 e. The van der Waals surface area contributed by atoms with E-state index in [4.69, 9.17) is 5.11 Å². The van der Waals surface area contributed by atoms with Gasteiger partial charge in [0.2, 0.25) is 0 Å². The van der Waals surface area contributed by atoms with Crippen LogP contribution in [0.2, 0.25) is 0 Å². The number of hydrogen-bond acceptors (Lipinski definition) is 2. The van der Waals surface area contributed by atoms with E-state index in [0.717, 1.165) is 12.8 Å². The average Bonchev–Trinajstić information content (AvgIpc) is 2.88. The lowest BCUT2D eigenvalue weighted by atomic mass is 10.2. The Bertz CT molecular complexity index is 238. The topological polar surface area (TPSA) is 69.6 Å². The van der Waals surface area contributed by atoms with Crippen LogP contribution in [0.5, 0.6) is 0 Å². The van der Waals surface area contributed by atoms with Crippen LogP contribution in [0.4, 0.5) is 4.79 Å². The number of rotatable bonds is 4. The zero-order valence-electron chi connectivity index (χ0n) is 8.49. The molecule has 5 nitrogen and oxygen atoms in total. The number of amides is 2. The second-order valence-corrected chi connectivity index (χ2v) is 3.60. The van der Waals surface area contributed by atoms with Gasteiger partial charge in [-0.2, -0.15) is 0 Å². The molecule has 1 unspecified atom stereocenters. The first-order valence-corrected chi connectivity index (χ1v) is 4.82. The van der Waals surface area contributed by atoms with E-state index in [1.165, 1.54) is 11.9 Å². The van der Waals surface area contributed by atoms with E-state index in [1.54, 1.807) is 6.92 Å². The Labute approximate surface area is 83.1 Å². The minimum Gasteiger partial charge on any atom is -0.480 e. The molecular weight excluding hydrogens is 184 g/mol. The number of carboxylic acid groups (broad SMARTS) is 1. The van der Waals surface area contributed by atoms with Gasteiger partial charge >= 0.3 is 12.0 Å². The summed E-state index contributed by atoms with van der Waals surface area (Å²) in [5, 5.41) is 11.6. The van der Waals surface area contributed by atoms with Gasteiger partial charge < -0.3 is 15.3 Å². The first-order valence-electron chi connectivity index (χ1n) is 4.82. The molecule has 0 aromatic carbocycles. The van der Waals surface area contributed by atoms with Crippen molar-refractivity contribution in [1.29, 1.82) is 0 Å². The van der Waals surface area contributed by atoms with E-state index >= 15 is 0 Å². The Morgan fingerprint density at radius 3 is 2.50 bits per heavy atom. The average molecular weight is 200 g/mol. The lowest BCUT2D eigenvalue weighted by molar-refractivity contribution is -0.141. The number of carbonyl (C=O) groups excluding carboxylic acids is 1. The number of nitrogens with one attached hydrogen (secondary N) is 1. The Morgan fingerprint density at radius 2 is 2.14 bits per heavy atom. The van der Waals surface area contributed by atoms with Crippen LogP contribution < -0.4 is 5.32 Å². The van der Waals surface area contributed by atoms with Crippen LogP contribution in [0.15, 0.2) is 0 Å². The van der Waals surface area contributed by atoms with Gasteiger partial charge in [0, 0.05) is 13.1 Å². The highest BCUT2D eigenvalue weighted by atomic mass is 16.4. The van der Waals surface area contributed by atoms with Crippen molar-refractivity contribution in [3.05, 3.63) is 0 Å². The van der Waals surface area contributed by atoms with Gasteiger partial charge in [0.1, 0.15) is 6.04 Å². The molecule has 0 bridgehead atoms. The van der Waals surface area contributed by atoms with Crippen LogP contribution in [0, 0.1) is 0 Å². The van der Waals surface area contributed by atoms with Crippen molar-refractivity contribution in [1.82, 2.24) is 10.2 Å². The predicted molar refractivity (Wildman–Crippen MR) is 51.0 cm³/mol. The van der Waals surface area contributed by atoms with E-state index in [0.29, 0.717) is 6.42 Å². The van der Waals surface area contributed by atoms with Crippen LogP contribution in [0.1, 0.15) is 26.2 Å². The van der Waals surface area contributed by atoms with Gasteiger partial charge in [-0.15, -0.1) is 0 Å². The molecule has 1 rings (SSSR count). The second-order valence-electron chi connectivity index (χ2n) is 3.60. The highest BCUT2D eigenvalue weighted by Gasteiger charge is 2.29. The normalized spacial score (nSPS) is 17.3.